The zero-order valence-corrected chi connectivity index (χ0v) is 11.9. The molecule has 2 aromatic rings. The summed E-state index contributed by atoms with van der Waals surface area (Å²) in [5, 5.41) is 10.7. The number of nitrogens with zero attached hydrogens (tertiary/aromatic N) is 3. The van der Waals surface area contributed by atoms with Crippen molar-refractivity contribution in [1.29, 1.82) is 0 Å². The number of nitrogens with one attached hydrogen (secondary N) is 1. The number of hydrogen-bond acceptors (Lipinski definition) is 7. The number of nitro groups is 1. The molecule has 0 aliphatic rings. The number of benzene rings is 1. The van der Waals surface area contributed by atoms with E-state index in [2.05, 4.69) is 31.3 Å². The van der Waals surface area contributed by atoms with Crippen LogP contribution in [-0.2, 0) is 0 Å². The maximum atomic E-state index is 10.7. The van der Waals surface area contributed by atoms with Gasteiger partial charge >= 0.3 is 0 Å². The molecule has 104 valence electrons. The minimum absolute atomic E-state index is 0.000849. The van der Waals surface area contributed by atoms with E-state index in [4.69, 9.17) is 10.6 Å². The average molecular weight is 340 g/mol. The SMILES string of the molecule is Cc1cc([N+](=O)[O-])ccc1Oc1ncnc(NN)c1Br. The average Bonchev–Trinajstić information content (AvgIpc) is 2.43. The normalized spacial score (nSPS) is 10.2. The number of anilines is 1. The van der Waals surface area contributed by atoms with Gasteiger partial charge in [0.2, 0.25) is 5.88 Å². The molecule has 2 rings (SSSR count). The van der Waals surface area contributed by atoms with Gasteiger partial charge in [-0.2, -0.15) is 0 Å². The number of nitrogens with two attached hydrogens (primary N) is 1. The summed E-state index contributed by atoms with van der Waals surface area (Å²) >= 11 is 3.26. The van der Waals surface area contributed by atoms with E-state index < -0.39 is 4.92 Å². The van der Waals surface area contributed by atoms with Crippen LogP contribution in [0.5, 0.6) is 11.6 Å². The second kappa shape index (κ2) is 5.80. The third kappa shape index (κ3) is 2.83. The maximum Gasteiger partial charge on any atom is 0.269 e. The van der Waals surface area contributed by atoms with E-state index in [1.165, 1.54) is 24.5 Å². The fraction of sp³-hybridized carbons (Fsp3) is 0.0909. The third-order valence-electron chi connectivity index (χ3n) is 2.47. The molecule has 0 fully saturated rings. The van der Waals surface area contributed by atoms with Crippen LogP contribution < -0.4 is 16.0 Å². The predicted octanol–water partition coefficient (Wildman–Crippen LogP) is 2.53. The number of nitro benzene ring substituents is 1. The summed E-state index contributed by atoms with van der Waals surface area (Å²) in [5.74, 6) is 6.38. The summed E-state index contributed by atoms with van der Waals surface area (Å²) in [6, 6.07) is 4.30. The zero-order valence-electron chi connectivity index (χ0n) is 10.3. The van der Waals surface area contributed by atoms with Crippen molar-refractivity contribution in [2.24, 2.45) is 5.84 Å². The lowest BCUT2D eigenvalue weighted by atomic mass is 10.2. The highest BCUT2D eigenvalue weighted by Crippen LogP contribution is 2.33. The van der Waals surface area contributed by atoms with Gasteiger partial charge in [0.1, 0.15) is 16.5 Å². The molecule has 9 heteroatoms. The molecular formula is C11H10BrN5O3. The van der Waals surface area contributed by atoms with Crippen molar-refractivity contribution in [1.82, 2.24) is 9.97 Å². The van der Waals surface area contributed by atoms with Crippen LogP contribution in [0.15, 0.2) is 29.0 Å². The van der Waals surface area contributed by atoms with Gasteiger partial charge in [-0.3, -0.25) is 10.1 Å². The van der Waals surface area contributed by atoms with Crippen molar-refractivity contribution < 1.29 is 9.66 Å². The standard InChI is InChI=1S/C11H10BrN5O3/c1-6-4-7(17(18)19)2-3-8(6)20-11-9(12)10(16-13)14-5-15-11/h2-5H,13H2,1H3,(H,14,15,16). The van der Waals surface area contributed by atoms with Gasteiger partial charge < -0.3 is 10.2 Å². The van der Waals surface area contributed by atoms with Gasteiger partial charge in [-0.25, -0.2) is 15.8 Å². The molecule has 0 unspecified atom stereocenters. The van der Waals surface area contributed by atoms with Crippen LogP contribution in [0.4, 0.5) is 11.5 Å². The van der Waals surface area contributed by atoms with E-state index in [-0.39, 0.29) is 11.6 Å². The van der Waals surface area contributed by atoms with Crippen LogP contribution in [0.3, 0.4) is 0 Å². The summed E-state index contributed by atoms with van der Waals surface area (Å²) in [7, 11) is 0. The van der Waals surface area contributed by atoms with E-state index in [0.717, 1.165) is 0 Å². The highest BCUT2D eigenvalue weighted by Gasteiger charge is 2.13. The van der Waals surface area contributed by atoms with E-state index in [9.17, 15) is 10.1 Å². The Balaban J connectivity index is 2.33. The summed E-state index contributed by atoms with van der Waals surface area (Å²) in [6.07, 6.45) is 1.29. The number of aryl methyl sites for hydroxylation is 1. The Labute approximate surface area is 122 Å². The molecule has 0 saturated carbocycles. The Kier molecular flexibility index (Phi) is 4.11. The zero-order chi connectivity index (χ0) is 14.7. The van der Waals surface area contributed by atoms with Gasteiger partial charge in [-0.05, 0) is 34.5 Å². The number of ether oxygens (including phenoxy) is 1. The van der Waals surface area contributed by atoms with Gasteiger partial charge in [-0.1, -0.05) is 0 Å². The van der Waals surface area contributed by atoms with E-state index in [0.29, 0.717) is 21.6 Å². The molecule has 0 spiro atoms. The second-order valence-corrected chi connectivity index (χ2v) is 4.59. The second-order valence-electron chi connectivity index (χ2n) is 3.79. The van der Waals surface area contributed by atoms with Crippen LogP contribution in [0.2, 0.25) is 0 Å². The van der Waals surface area contributed by atoms with E-state index in [1.54, 1.807) is 6.92 Å². The summed E-state index contributed by atoms with van der Waals surface area (Å²) < 4.78 is 6.06. The lowest BCUT2D eigenvalue weighted by Gasteiger charge is -2.10. The van der Waals surface area contributed by atoms with Gasteiger partial charge in [0, 0.05) is 12.1 Å². The fourth-order valence-electron chi connectivity index (χ4n) is 1.49. The smallest absolute Gasteiger partial charge is 0.269 e. The largest absolute Gasteiger partial charge is 0.437 e. The molecule has 0 bridgehead atoms. The van der Waals surface area contributed by atoms with Crippen LogP contribution in [0.25, 0.3) is 0 Å². The number of rotatable bonds is 4. The van der Waals surface area contributed by atoms with E-state index in [1.807, 2.05) is 0 Å². The molecule has 20 heavy (non-hydrogen) atoms. The van der Waals surface area contributed by atoms with Crippen molar-refractivity contribution in [2.45, 2.75) is 6.92 Å². The number of hydrazine groups is 1. The van der Waals surface area contributed by atoms with Gasteiger partial charge in [-0.15, -0.1) is 0 Å². The third-order valence-corrected chi connectivity index (χ3v) is 3.18. The number of nitrogen functional groups attached to an aromatic ring is 1. The lowest BCUT2D eigenvalue weighted by molar-refractivity contribution is -0.384. The number of hydrogen-bond donors (Lipinski definition) is 2. The Hall–Kier alpha value is -2.26. The monoisotopic (exact) mass is 339 g/mol. The molecule has 0 radical (unpaired) electrons. The Morgan fingerprint density at radius 2 is 2.20 bits per heavy atom. The Bertz CT molecular complexity index is 665. The fourth-order valence-corrected chi connectivity index (χ4v) is 1.89. The molecule has 0 atom stereocenters. The quantitative estimate of drug-likeness (QED) is 0.499. The molecule has 1 aromatic carbocycles. The van der Waals surface area contributed by atoms with Crippen molar-refractivity contribution >= 4 is 27.4 Å². The number of non-ortho nitro benzene ring substituents is 1. The van der Waals surface area contributed by atoms with Crippen LogP contribution in [0, 0.1) is 17.0 Å². The summed E-state index contributed by atoms with van der Waals surface area (Å²) in [6.45, 7) is 1.71. The molecular weight excluding hydrogens is 330 g/mol. The Morgan fingerprint density at radius 3 is 2.80 bits per heavy atom. The van der Waals surface area contributed by atoms with Gasteiger partial charge in [0.15, 0.2) is 5.82 Å². The first-order chi connectivity index (χ1) is 9.52. The molecule has 0 saturated heterocycles. The predicted molar refractivity (Wildman–Crippen MR) is 75.4 cm³/mol. The molecule has 1 aromatic heterocycles. The number of halogens is 1. The van der Waals surface area contributed by atoms with Crippen molar-refractivity contribution in [2.75, 3.05) is 5.43 Å². The first-order valence-corrected chi connectivity index (χ1v) is 6.22. The minimum atomic E-state index is -0.464. The van der Waals surface area contributed by atoms with Gasteiger partial charge in [0.25, 0.3) is 5.69 Å². The Morgan fingerprint density at radius 1 is 1.45 bits per heavy atom. The minimum Gasteiger partial charge on any atom is -0.437 e. The maximum absolute atomic E-state index is 10.7. The molecule has 0 aliphatic carbocycles. The van der Waals surface area contributed by atoms with Crippen LogP contribution in [0.1, 0.15) is 5.56 Å². The summed E-state index contributed by atoms with van der Waals surface area (Å²) in [4.78, 5) is 18.1. The van der Waals surface area contributed by atoms with Crippen molar-refractivity contribution in [3.05, 3.63) is 44.7 Å². The lowest BCUT2D eigenvalue weighted by Crippen LogP contribution is -2.10. The van der Waals surface area contributed by atoms with Crippen molar-refractivity contribution in [3.63, 3.8) is 0 Å². The van der Waals surface area contributed by atoms with Gasteiger partial charge in [0.05, 0.1) is 4.92 Å². The highest BCUT2D eigenvalue weighted by molar-refractivity contribution is 9.10. The van der Waals surface area contributed by atoms with E-state index >= 15 is 0 Å². The molecule has 1 heterocycles. The first-order valence-electron chi connectivity index (χ1n) is 5.43. The van der Waals surface area contributed by atoms with Crippen LogP contribution >= 0.6 is 15.9 Å². The highest BCUT2D eigenvalue weighted by atomic mass is 79.9. The molecule has 0 aliphatic heterocycles. The first kappa shape index (κ1) is 14.2. The molecule has 0 amide bonds. The number of aromatic nitrogens is 2. The van der Waals surface area contributed by atoms with Crippen molar-refractivity contribution in [3.8, 4) is 11.6 Å². The van der Waals surface area contributed by atoms with Crippen LogP contribution in [-0.4, -0.2) is 14.9 Å². The molecule has 3 N–H and O–H groups in total. The molecule has 8 nitrogen and oxygen atoms in total. The topological polar surface area (TPSA) is 116 Å². The summed E-state index contributed by atoms with van der Waals surface area (Å²) in [5.41, 5.74) is 3.01.